The van der Waals surface area contributed by atoms with Gasteiger partial charge in [-0.2, -0.15) is 0 Å². The van der Waals surface area contributed by atoms with Crippen LogP contribution < -0.4 is 10.9 Å². The van der Waals surface area contributed by atoms with Crippen LogP contribution >= 0.6 is 0 Å². The molecule has 0 aliphatic heterocycles. The van der Waals surface area contributed by atoms with Crippen molar-refractivity contribution in [3.8, 4) is 5.75 Å². The molecular formula is C24H22N2O4. The molecule has 3 N–H and O–H groups in total. The van der Waals surface area contributed by atoms with E-state index in [1.165, 1.54) is 17.0 Å². The van der Waals surface area contributed by atoms with E-state index in [-0.39, 0.29) is 24.1 Å². The van der Waals surface area contributed by atoms with Gasteiger partial charge in [0.15, 0.2) is 0 Å². The summed E-state index contributed by atoms with van der Waals surface area (Å²) < 4.78 is 5.34. The van der Waals surface area contributed by atoms with Crippen LogP contribution in [0.4, 0.5) is 0 Å². The molecule has 30 heavy (non-hydrogen) atoms. The Balaban J connectivity index is 1.43. The van der Waals surface area contributed by atoms with E-state index < -0.39 is 5.63 Å². The second kappa shape index (κ2) is 7.06. The first-order valence-electron chi connectivity index (χ1n) is 10.2. The van der Waals surface area contributed by atoms with Gasteiger partial charge >= 0.3 is 5.63 Å². The number of amides is 1. The number of rotatable bonds is 3. The Kier molecular flexibility index (Phi) is 4.35. The largest absolute Gasteiger partial charge is 0.508 e. The third-order valence-electron chi connectivity index (χ3n) is 6.06. The van der Waals surface area contributed by atoms with Crippen molar-refractivity contribution in [2.24, 2.45) is 0 Å². The Bertz CT molecular complexity index is 1350. The van der Waals surface area contributed by atoms with E-state index in [1.807, 2.05) is 18.2 Å². The third-order valence-corrected chi connectivity index (χ3v) is 6.06. The van der Waals surface area contributed by atoms with Gasteiger partial charge in [-0.1, -0.05) is 18.2 Å². The predicted octanol–water partition coefficient (Wildman–Crippen LogP) is 4.02. The van der Waals surface area contributed by atoms with E-state index in [1.54, 1.807) is 19.1 Å². The Morgan fingerprint density at radius 1 is 1.23 bits per heavy atom. The lowest BCUT2D eigenvalue weighted by Crippen LogP contribution is -2.33. The number of aryl methyl sites for hydroxylation is 2. The van der Waals surface area contributed by atoms with Crippen molar-refractivity contribution in [3.05, 3.63) is 75.3 Å². The van der Waals surface area contributed by atoms with Gasteiger partial charge in [-0.3, -0.25) is 4.79 Å². The Labute approximate surface area is 172 Å². The van der Waals surface area contributed by atoms with Crippen LogP contribution in [0.1, 0.15) is 41.3 Å². The average molecular weight is 402 g/mol. The molecule has 0 fully saturated rings. The van der Waals surface area contributed by atoms with Crippen molar-refractivity contribution in [1.29, 1.82) is 0 Å². The smallest absolute Gasteiger partial charge is 0.340 e. The summed E-state index contributed by atoms with van der Waals surface area (Å²) in [5.41, 5.74) is 4.23. The average Bonchev–Trinajstić information content (AvgIpc) is 3.11. The Morgan fingerprint density at radius 3 is 2.93 bits per heavy atom. The van der Waals surface area contributed by atoms with E-state index in [0.29, 0.717) is 22.1 Å². The van der Waals surface area contributed by atoms with Gasteiger partial charge in [0.2, 0.25) is 5.91 Å². The monoisotopic (exact) mass is 402 g/mol. The van der Waals surface area contributed by atoms with Gasteiger partial charge in [-0.05, 0) is 55.5 Å². The minimum absolute atomic E-state index is 0.0296. The van der Waals surface area contributed by atoms with Gasteiger partial charge in [0.05, 0.1) is 18.0 Å². The minimum atomic E-state index is -0.546. The molecule has 1 aliphatic rings. The maximum Gasteiger partial charge on any atom is 0.340 e. The molecule has 1 amide bonds. The fourth-order valence-electron chi connectivity index (χ4n) is 4.55. The quantitative estimate of drug-likeness (QED) is 0.451. The SMILES string of the molecule is Cc1c(CC(=O)N[C@H]2CCCc3c2[nH]c2ccccc32)c(=O)oc2cc(O)ccc12. The summed E-state index contributed by atoms with van der Waals surface area (Å²) in [6, 6.07) is 12.7. The van der Waals surface area contributed by atoms with Gasteiger partial charge in [0.1, 0.15) is 11.3 Å². The van der Waals surface area contributed by atoms with Crippen LogP contribution in [-0.4, -0.2) is 16.0 Å². The maximum atomic E-state index is 12.9. The zero-order chi connectivity index (χ0) is 20.8. The van der Waals surface area contributed by atoms with Crippen molar-refractivity contribution in [2.45, 2.75) is 38.6 Å². The third kappa shape index (κ3) is 3.05. The molecule has 152 valence electrons. The van der Waals surface area contributed by atoms with Crippen LogP contribution in [0.25, 0.3) is 21.9 Å². The maximum absolute atomic E-state index is 12.9. The van der Waals surface area contributed by atoms with E-state index in [0.717, 1.165) is 30.5 Å². The molecule has 5 rings (SSSR count). The minimum Gasteiger partial charge on any atom is -0.508 e. The summed E-state index contributed by atoms with van der Waals surface area (Å²) in [6.07, 6.45) is 2.81. The highest BCUT2D eigenvalue weighted by Crippen LogP contribution is 2.34. The number of hydrogen-bond donors (Lipinski definition) is 3. The topological polar surface area (TPSA) is 95.3 Å². The zero-order valence-corrected chi connectivity index (χ0v) is 16.6. The summed E-state index contributed by atoms with van der Waals surface area (Å²) in [4.78, 5) is 28.8. The van der Waals surface area contributed by atoms with E-state index in [2.05, 4.69) is 16.4 Å². The number of phenols is 1. The number of aromatic nitrogens is 1. The van der Waals surface area contributed by atoms with E-state index >= 15 is 0 Å². The van der Waals surface area contributed by atoms with Crippen molar-refractivity contribution in [2.75, 3.05) is 0 Å². The highest BCUT2D eigenvalue weighted by Gasteiger charge is 2.26. The number of aromatic amines is 1. The molecule has 2 heterocycles. The normalized spacial score (nSPS) is 16.0. The number of phenolic OH excluding ortho intramolecular Hbond substituents is 1. The second-order valence-corrected chi connectivity index (χ2v) is 7.93. The molecule has 1 aliphatic carbocycles. The van der Waals surface area contributed by atoms with Crippen LogP contribution in [-0.2, 0) is 17.6 Å². The number of benzene rings is 2. The molecule has 0 saturated carbocycles. The first kappa shape index (κ1) is 18.5. The fraction of sp³-hybridized carbons (Fsp3) is 0.250. The van der Waals surface area contributed by atoms with E-state index in [4.69, 9.17) is 4.42 Å². The molecule has 2 aromatic heterocycles. The van der Waals surface area contributed by atoms with Crippen LogP contribution in [0.3, 0.4) is 0 Å². The first-order valence-corrected chi connectivity index (χ1v) is 10.2. The number of para-hydroxylation sites is 1. The molecule has 0 unspecified atom stereocenters. The molecule has 6 nitrogen and oxygen atoms in total. The fourth-order valence-corrected chi connectivity index (χ4v) is 4.55. The van der Waals surface area contributed by atoms with Gasteiger partial charge in [-0.25, -0.2) is 4.79 Å². The summed E-state index contributed by atoms with van der Waals surface area (Å²) in [7, 11) is 0. The number of H-pyrrole nitrogens is 1. The summed E-state index contributed by atoms with van der Waals surface area (Å²) in [5.74, 6) is -0.179. The standard InChI is InChI=1S/C24H22N2O4/c1-13-15-10-9-14(27)11-21(15)30-24(29)18(13)12-22(28)25-20-8-4-6-17-16-5-2-3-7-19(16)26-23(17)20/h2-3,5,7,9-11,20,26-27H,4,6,8,12H2,1H3,(H,25,28)/t20-/m0/s1. The van der Waals surface area contributed by atoms with Crippen LogP contribution in [0.2, 0.25) is 0 Å². The predicted molar refractivity (Wildman–Crippen MR) is 115 cm³/mol. The van der Waals surface area contributed by atoms with Crippen molar-refractivity contribution >= 4 is 27.8 Å². The van der Waals surface area contributed by atoms with Gasteiger partial charge in [-0.15, -0.1) is 0 Å². The molecule has 1 atom stereocenters. The van der Waals surface area contributed by atoms with Crippen molar-refractivity contribution in [3.63, 3.8) is 0 Å². The lowest BCUT2D eigenvalue weighted by atomic mass is 9.91. The van der Waals surface area contributed by atoms with Crippen LogP contribution in [0.5, 0.6) is 5.75 Å². The van der Waals surface area contributed by atoms with Crippen molar-refractivity contribution in [1.82, 2.24) is 10.3 Å². The number of carbonyl (C=O) groups excluding carboxylic acids is 1. The molecule has 0 saturated heterocycles. The number of carbonyl (C=O) groups is 1. The summed E-state index contributed by atoms with van der Waals surface area (Å²) >= 11 is 0. The second-order valence-electron chi connectivity index (χ2n) is 7.93. The molecule has 6 heteroatoms. The Hall–Kier alpha value is -3.54. The number of aromatic hydroxyl groups is 1. The molecule has 0 spiro atoms. The number of fused-ring (bicyclic) bond motifs is 4. The lowest BCUT2D eigenvalue weighted by molar-refractivity contribution is -0.121. The molecule has 4 aromatic rings. The number of nitrogens with one attached hydrogen (secondary N) is 2. The van der Waals surface area contributed by atoms with Crippen LogP contribution in [0, 0.1) is 6.92 Å². The summed E-state index contributed by atoms with van der Waals surface area (Å²) in [5, 5.41) is 14.6. The zero-order valence-electron chi connectivity index (χ0n) is 16.6. The van der Waals surface area contributed by atoms with Gasteiger partial charge < -0.3 is 19.8 Å². The molecular weight excluding hydrogens is 380 g/mol. The number of hydrogen-bond acceptors (Lipinski definition) is 4. The van der Waals surface area contributed by atoms with E-state index in [9.17, 15) is 14.7 Å². The van der Waals surface area contributed by atoms with Gasteiger partial charge in [0, 0.05) is 28.0 Å². The molecule has 2 aromatic carbocycles. The highest BCUT2D eigenvalue weighted by atomic mass is 16.4. The lowest BCUT2D eigenvalue weighted by Gasteiger charge is -2.24. The molecule has 0 radical (unpaired) electrons. The Morgan fingerprint density at radius 2 is 2.07 bits per heavy atom. The highest BCUT2D eigenvalue weighted by molar-refractivity contribution is 5.87. The van der Waals surface area contributed by atoms with Gasteiger partial charge in [0.25, 0.3) is 0 Å². The first-order chi connectivity index (χ1) is 14.5. The summed E-state index contributed by atoms with van der Waals surface area (Å²) in [6.45, 7) is 1.80. The van der Waals surface area contributed by atoms with Crippen molar-refractivity contribution < 1.29 is 14.3 Å². The van der Waals surface area contributed by atoms with Crippen LogP contribution in [0.15, 0.2) is 51.7 Å². The molecule has 0 bridgehead atoms.